The number of rotatable bonds is 7. The van der Waals surface area contributed by atoms with Gasteiger partial charge in [-0.05, 0) is 93.6 Å². The molecule has 0 bridgehead atoms. The second-order valence-corrected chi connectivity index (χ2v) is 15.4. The van der Waals surface area contributed by atoms with E-state index in [4.69, 9.17) is 10.5 Å². The first kappa shape index (κ1) is 34.2. The second kappa shape index (κ2) is 13.6. The van der Waals surface area contributed by atoms with E-state index in [1.165, 1.54) is 25.7 Å². The number of hydrogen-bond acceptors (Lipinski definition) is 10. The van der Waals surface area contributed by atoms with Crippen LogP contribution in [0.5, 0.6) is 5.75 Å². The molecule has 274 valence electrons. The van der Waals surface area contributed by atoms with E-state index in [-0.39, 0.29) is 18.7 Å². The number of hydrogen-bond donors (Lipinski definition) is 2. The molecule has 1 atom stereocenters. The fourth-order valence-electron chi connectivity index (χ4n) is 9.14. The summed E-state index contributed by atoms with van der Waals surface area (Å²) in [5, 5.41) is 6.66. The van der Waals surface area contributed by atoms with E-state index in [0.717, 1.165) is 86.1 Å². The van der Waals surface area contributed by atoms with Crippen LogP contribution < -0.4 is 25.6 Å². The van der Waals surface area contributed by atoms with E-state index in [1.807, 2.05) is 36.3 Å². The third kappa shape index (κ3) is 6.29. The number of benzene rings is 2. The lowest BCUT2D eigenvalue weighted by atomic mass is 9.71. The fraction of sp³-hybridized carbons (Fsp3) is 0.513. The Labute approximate surface area is 304 Å². The zero-order valence-corrected chi connectivity index (χ0v) is 30.1. The number of imide groups is 2. The third-order valence-corrected chi connectivity index (χ3v) is 12.4. The van der Waals surface area contributed by atoms with Crippen molar-refractivity contribution in [3.8, 4) is 16.9 Å². The molecule has 13 heteroatoms. The van der Waals surface area contributed by atoms with Crippen molar-refractivity contribution < 1.29 is 23.9 Å². The van der Waals surface area contributed by atoms with E-state index < -0.39 is 23.8 Å². The minimum atomic E-state index is -0.952. The van der Waals surface area contributed by atoms with Gasteiger partial charge in [-0.15, -0.1) is 0 Å². The molecule has 8 rings (SSSR count). The number of aromatic nitrogens is 2. The second-order valence-electron chi connectivity index (χ2n) is 15.4. The molecular weight excluding hydrogens is 660 g/mol. The molecule has 4 saturated heterocycles. The van der Waals surface area contributed by atoms with E-state index >= 15 is 0 Å². The van der Waals surface area contributed by atoms with Crippen molar-refractivity contribution in [2.45, 2.75) is 57.4 Å². The lowest BCUT2D eigenvalue weighted by Crippen LogP contribution is -2.54. The number of aryl methyl sites for hydroxylation is 1. The molecule has 0 aliphatic carbocycles. The van der Waals surface area contributed by atoms with Crippen molar-refractivity contribution in [2.75, 3.05) is 68.5 Å². The number of anilines is 3. The number of ether oxygens (including phenoxy) is 1. The van der Waals surface area contributed by atoms with Gasteiger partial charge < -0.3 is 25.2 Å². The van der Waals surface area contributed by atoms with Gasteiger partial charge in [-0.25, -0.2) is 0 Å². The van der Waals surface area contributed by atoms with Crippen molar-refractivity contribution in [1.82, 2.24) is 24.9 Å². The Bertz CT molecular complexity index is 1900. The first-order chi connectivity index (χ1) is 25.1. The maximum absolute atomic E-state index is 13.3. The third-order valence-electron chi connectivity index (χ3n) is 12.4. The minimum absolute atomic E-state index is 0.108. The maximum Gasteiger partial charge on any atom is 0.262 e. The van der Waals surface area contributed by atoms with Gasteiger partial charge in [0.15, 0.2) is 0 Å². The van der Waals surface area contributed by atoms with Crippen molar-refractivity contribution in [3.05, 3.63) is 53.9 Å². The molecule has 2 aromatic carbocycles. The molecular formula is C39H48N8O5. The fourth-order valence-corrected chi connectivity index (χ4v) is 9.14. The molecule has 5 aliphatic rings. The number of piperidine rings is 4. The summed E-state index contributed by atoms with van der Waals surface area (Å²) >= 11 is 0. The SMILES string of the molecule is COc1cc(N2CCC3(CCN(CC4CCN(c5ccc6c(c5)C(=O)N(C5CCC(=O)NC5=O)C6=O)CC4)CC3)CC2)c(-c2cnn(C)c2)cc1N. The number of nitrogens with two attached hydrogens (primary N) is 1. The molecule has 4 amide bonds. The monoisotopic (exact) mass is 708 g/mol. The van der Waals surface area contributed by atoms with Gasteiger partial charge in [-0.2, -0.15) is 5.10 Å². The number of likely N-dealkylation sites (tertiary alicyclic amines) is 1. The zero-order chi connectivity index (χ0) is 36.1. The first-order valence-electron chi connectivity index (χ1n) is 18.7. The average molecular weight is 709 g/mol. The van der Waals surface area contributed by atoms with Gasteiger partial charge >= 0.3 is 0 Å². The van der Waals surface area contributed by atoms with Crippen LogP contribution in [0, 0.1) is 11.3 Å². The van der Waals surface area contributed by atoms with Crippen molar-refractivity contribution in [2.24, 2.45) is 18.4 Å². The standard InChI is InChI=1S/C39H48N8O5/c1-43-24-26(22-41-43)29-20-31(40)34(52-2)21-33(29)46-17-11-39(12-18-46)9-15-44(16-10-39)23-25-7-13-45(14-8-25)27-3-4-28-30(19-27)38(51)47(37(28)50)32-5-6-35(48)42-36(32)49/h3-4,19-22,24-25,32H,5-18,23,40H2,1-2H3,(H,42,48,49). The van der Waals surface area contributed by atoms with Gasteiger partial charge in [0.2, 0.25) is 11.8 Å². The van der Waals surface area contributed by atoms with Gasteiger partial charge in [-0.3, -0.25) is 34.1 Å². The van der Waals surface area contributed by atoms with Gasteiger partial charge in [0, 0.05) is 81.0 Å². The van der Waals surface area contributed by atoms with Gasteiger partial charge in [0.05, 0.1) is 30.1 Å². The van der Waals surface area contributed by atoms with E-state index in [9.17, 15) is 19.2 Å². The molecule has 1 unspecified atom stereocenters. The molecule has 3 N–H and O–H groups in total. The Balaban J connectivity index is 0.831. The normalized spacial score (nSPS) is 22.7. The molecule has 0 saturated carbocycles. The molecule has 0 radical (unpaired) electrons. The highest BCUT2D eigenvalue weighted by molar-refractivity contribution is 6.23. The summed E-state index contributed by atoms with van der Waals surface area (Å²) in [6, 6.07) is 8.59. The molecule has 5 aliphatic heterocycles. The van der Waals surface area contributed by atoms with Crippen LogP contribution in [0.2, 0.25) is 0 Å². The van der Waals surface area contributed by atoms with Gasteiger partial charge in [0.25, 0.3) is 11.8 Å². The number of nitrogen functional groups attached to an aromatic ring is 1. The first-order valence-corrected chi connectivity index (χ1v) is 18.7. The van der Waals surface area contributed by atoms with E-state index in [2.05, 4.69) is 31.2 Å². The van der Waals surface area contributed by atoms with Crippen LogP contribution in [-0.2, 0) is 16.6 Å². The Kier molecular flexibility index (Phi) is 8.92. The Morgan fingerprint density at radius 2 is 1.58 bits per heavy atom. The number of nitrogens with zero attached hydrogens (tertiary/aromatic N) is 6. The summed E-state index contributed by atoms with van der Waals surface area (Å²) in [6.45, 7) is 7.21. The van der Waals surface area contributed by atoms with E-state index in [1.54, 1.807) is 19.2 Å². The van der Waals surface area contributed by atoms with Gasteiger partial charge in [0.1, 0.15) is 11.8 Å². The Morgan fingerprint density at radius 1 is 0.865 bits per heavy atom. The number of carbonyl (C=O) groups is 4. The number of amides is 4. The van der Waals surface area contributed by atoms with E-state index in [0.29, 0.717) is 33.9 Å². The summed E-state index contributed by atoms with van der Waals surface area (Å²) in [4.78, 5) is 59.0. The summed E-state index contributed by atoms with van der Waals surface area (Å²) in [5.41, 5.74) is 12.3. The highest BCUT2D eigenvalue weighted by Gasteiger charge is 2.45. The predicted molar refractivity (Wildman–Crippen MR) is 197 cm³/mol. The minimum Gasteiger partial charge on any atom is -0.495 e. The van der Waals surface area contributed by atoms with Crippen LogP contribution in [0.15, 0.2) is 42.7 Å². The molecule has 6 heterocycles. The Morgan fingerprint density at radius 3 is 2.25 bits per heavy atom. The molecule has 52 heavy (non-hydrogen) atoms. The topological polar surface area (TPSA) is 146 Å². The highest BCUT2D eigenvalue weighted by Crippen LogP contribution is 2.45. The van der Waals surface area contributed by atoms with Crippen molar-refractivity contribution in [1.29, 1.82) is 0 Å². The molecule has 3 aromatic rings. The van der Waals surface area contributed by atoms with Crippen LogP contribution in [0.1, 0.15) is 72.1 Å². The maximum atomic E-state index is 13.3. The summed E-state index contributed by atoms with van der Waals surface area (Å²) in [6.07, 6.45) is 11.2. The van der Waals surface area contributed by atoms with Crippen LogP contribution in [0.3, 0.4) is 0 Å². The van der Waals surface area contributed by atoms with Crippen LogP contribution in [0.4, 0.5) is 17.1 Å². The average Bonchev–Trinajstić information content (AvgIpc) is 3.69. The smallest absolute Gasteiger partial charge is 0.262 e. The summed E-state index contributed by atoms with van der Waals surface area (Å²) in [5.74, 6) is -0.559. The Hall–Kier alpha value is -4.91. The van der Waals surface area contributed by atoms with Crippen molar-refractivity contribution in [3.63, 3.8) is 0 Å². The van der Waals surface area contributed by atoms with Gasteiger partial charge in [-0.1, -0.05) is 0 Å². The zero-order valence-electron chi connectivity index (χ0n) is 30.1. The van der Waals surface area contributed by atoms with Crippen LogP contribution in [0.25, 0.3) is 11.1 Å². The highest BCUT2D eigenvalue weighted by atomic mass is 16.5. The molecule has 13 nitrogen and oxygen atoms in total. The number of nitrogens with one attached hydrogen (secondary N) is 1. The number of fused-ring (bicyclic) bond motifs is 1. The number of carbonyl (C=O) groups excluding carboxylic acids is 4. The largest absolute Gasteiger partial charge is 0.495 e. The lowest BCUT2D eigenvalue weighted by Gasteiger charge is -2.48. The van der Waals surface area contributed by atoms with Crippen molar-refractivity contribution >= 4 is 40.7 Å². The number of methoxy groups -OCH3 is 1. The quantitative estimate of drug-likeness (QED) is 0.275. The molecule has 1 aromatic heterocycles. The van der Waals surface area contributed by atoms with Crippen LogP contribution in [-0.4, -0.2) is 102 Å². The lowest BCUT2D eigenvalue weighted by molar-refractivity contribution is -0.136. The summed E-state index contributed by atoms with van der Waals surface area (Å²) in [7, 11) is 3.60. The van der Waals surface area contributed by atoms with Crippen LogP contribution >= 0.6 is 0 Å². The summed E-state index contributed by atoms with van der Waals surface area (Å²) < 4.78 is 7.44. The predicted octanol–water partition coefficient (Wildman–Crippen LogP) is 3.68. The molecule has 4 fully saturated rings. The molecule has 1 spiro atoms.